The first-order valence-corrected chi connectivity index (χ1v) is 5.16. The monoisotopic (exact) mass is 185 g/mol. The molecule has 2 atom stereocenters. The quantitative estimate of drug-likeness (QED) is 0.697. The molecular weight excluding hydrogens is 166 g/mol. The van der Waals surface area contributed by atoms with Crippen molar-refractivity contribution in [1.29, 1.82) is 0 Å². The minimum atomic E-state index is -0.637. The van der Waals surface area contributed by atoms with E-state index in [4.69, 9.17) is 5.11 Å². The highest BCUT2D eigenvalue weighted by Gasteiger charge is 2.36. The Morgan fingerprint density at radius 2 is 2.15 bits per heavy atom. The predicted molar refractivity (Wildman–Crippen MR) is 51.6 cm³/mol. The number of hydrogen-bond acceptors (Lipinski definition) is 2. The Bertz CT molecular complexity index is 178. The SMILES string of the molecule is CCC(CC)C1NCCC1C(=O)O. The number of aliphatic carboxylic acids is 1. The summed E-state index contributed by atoms with van der Waals surface area (Å²) >= 11 is 0. The van der Waals surface area contributed by atoms with E-state index in [1.54, 1.807) is 0 Å². The summed E-state index contributed by atoms with van der Waals surface area (Å²) in [4.78, 5) is 10.9. The fraction of sp³-hybridized carbons (Fsp3) is 0.900. The minimum absolute atomic E-state index is 0.162. The van der Waals surface area contributed by atoms with E-state index < -0.39 is 5.97 Å². The van der Waals surface area contributed by atoms with Crippen LogP contribution in [0.4, 0.5) is 0 Å². The van der Waals surface area contributed by atoms with Gasteiger partial charge in [0.1, 0.15) is 0 Å². The molecule has 1 fully saturated rings. The van der Waals surface area contributed by atoms with Gasteiger partial charge in [-0.15, -0.1) is 0 Å². The molecule has 1 aliphatic rings. The second kappa shape index (κ2) is 4.61. The van der Waals surface area contributed by atoms with Gasteiger partial charge in [-0.2, -0.15) is 0 Å². The predicted octanol–water partition coefficient (Wildman–Crippen LogP) is 1.49. The maximum atomic E-state index is 10.9. The first kappa shape index (κ1) is 10.5. The third-order valence-corrected chi connectivity index (χ3v) is 3.14. The topological polar surface area (TPSA) is 49.3 Å². The van der Waals surface area contributed by atoms with E-state index in [-0.39, 0.29) is 12.0 Å². The molecule has 0 amide bonds. The van der Waals surface area contributed by atoms with Crippen molar-refractivity contribution in [2.24, 2.45) is 11.8 Å². The van der Waals surface area contributed by atoms with Gasteiger partial charge in [0, 0.05) is 6.04 Å². The van der Waals surface area contributed by atoms with Gasteiger partial charge in [0.05, 0.1) is 5.92 Å². The first-order chi connectivity index (χ1) is 6.20. The molecule has 0 radical (unpaired) electrons. The second-order valence-corrected chi connectivity index (χ2v) is 3.79. The smallest absolute Gasteiger partial charge is 0.308 e. The van der Waals surface area contributed by atoms with Crippen molar-refractivity contribution in [3.63, 3.8) is 0 Å². The van der Waals surface area contributed by atoms with Crippen LogP contribution in [0.5, 0.6) is 0 Å². The van der Waals surface area contributed by atoms with E-state index in [1.807, 2.05) is 0 Å². The van der Waals surface area contributed by atoms with Crippen molar-refractivity contribution >= 4 is 5.97 Å². The third-order valence-electron chi connectivity index (χ3n) is 3.14. The molecule has 0 aromatic rings. The minimum Gasteiger partial charge on any atom is -0.481 e. The second-order valence-electron chi connectivity index (χ2n) is 3.79. The molecule has 0 aromatic heterocycles. The molecular formula is C10H19NO2. The van der Waals surface area contributed by atoms with Gasteiger partial charge < -0.3 is 10.4 Å². The number of hydrogen-bond donors (Lipinski definition) is 2. The Morgan fingerprint density at radius 1 is 1.54 bits per heavy atom. The molecule has 0 spiro atoms. The maximum absolute atomic E-state index is 10.9. The van der Waals surface area contributed by atoms with Gasteiger partial charge in [0.25, 0.3) is 0 Å². The largest absolute Gasteiger partial charge is 0.481 e. The molecule has 0 aliphatic carbocycles. The molecule has 1 rings (SSSR count). The van der Waals surface area contributed by atoms with Gasteiger partial charge in [-0.25, -0.2) is 0 Å². The van der Waals surface area contributed by atoms with Crippen LogP contribution in [0.3, 0.4) is 0 Å². The average Bonchev–Trinajstić information content (AvgIpc) is 2.55. The molecule has 1 saturated heterocycles. The zero-order valence-corrected chi connectivity index (χ0v) is 8.42. The number of carbonyl (C=O) groups is 1. The van der Waals surface area contributed by atoms with Crippen molar-refractivity contribution in [1.82, 2.24) is 5.32 Å². The highest BCUT2D eigenvalue weighted by molar-refractivity contribution is 5.71. The van der Waals surface area contributed by atoms with Crippen LogP contribution < -0.4 is 5.32 Å². The molecule has 3 heteroatoms. The number of nitrogens with one attached hydrogen (secondary N) is 1. The molecule has 1 heterocycles. The Kier molecular flexibility index (Phi) is 3.72. The van der Waals surface area contributed by atoms with Crippen molar-refractivity contribution in [3.8, 4) is 0 Å². The van der Waals surface area contributed by atoms with Gasteiger partial charge >= 0.3 is 5.97 Å². The van der Waals surface area contributed by atoms with Gasteiger partial charge in [0.2, 0.25) is 0 Å². The summed E-state index contributed by atoms with van der Waals surface area (Å²) in [5.74, 6) is -0.282. The Balaban J connectivity index is 2.61. The Hall–Kier alpha value is -0.570. The van der Waals surface area contributed by atoms with Gasteiger partial charge in [0.15, 0.2) is 0 Å². The number of carboxylic acid groups (broad SMARTS) is 1. The Morgan fingerprint density at radius 3 is 2.62 bits per heavy atom. The lowest BCUT2D eigenvalue weighted by Gasteiger charge is -2.24. The van der Waals surface area contributed by atoms with Crippen LogP contribution in [-0.2, 0) is 4.79 Å². The standard InChI is InChI=1S/C10H19NO2/c1-3-7(4-2)9-8(10(12)13)5-6-11-9/h7-9,11H,3-6H2,1-2H3,(H,12,13). The molecule has 1 aliphatic heterocycles. The van der Waals surface area contributed by atoms with Crippen LogP contribution >= 0.6 is 0 Å². The number of carboxylic acids is 1. The Labute approximate surface area is 79.5 Å². The first-order valence-electron chi connectivity index (χ1n) is 5.16. The summed E-state index contributed by atoms with van der Waals surface area (Å²) in [5, 5.41) is 12.3. The molecule has 0 saturated carbocycles. The van der Waals surface area contributed by atoms with Crippen LogP contribution in [0.2, 0.25) is 0 Å². The highest BCUT2D eigenvalue weighted by Crippen LogP contribution is 2.26. The van der Waals surface area contributed by atoms with Gasteiger partial charge in [-0.1, -0.05) is 26.7 Å². The summed E-state index contributed by atoms with van der Waals surface area (Å²) in [5.41, 5.74) is 0. The summed E-state index contributed by atoms with van der Waals surface area (Å²) in [6, 6.07) is 0.201. The van der Waals surface area contributed by atoms with Crippen LogP contribution in [0.15, 0.2) is 0 Å². The molecule has 0 bridgehead atoms. The van der Waals surface area contributed by atoms with Crippen molar-refractivity contribution in [2.45, 2.75) is 39.2 Å². The van der Waals surface area contributed by atoms with E-state index in [2.05, 4.69) is 19.2 Å². The zero-order valence-electron chi connectivity index (χ0n) is 8.42. The third kappa shape index (κ3) is 2.21. The van der Waals surface area contributed by atoms with Crippen LogP contribution in [0.25, 0.3) is 0 Å². The van der Waals surface area contributed by atoms with Crippen molar-refractivity contribution in [3.05, 3.63) is 0 Å². The summed E-state index contributed by atoms with van der Waals surface area (Å²) in [7, 11) is 0. The van der Waals surface area contributed by atoms with E-state index in [9.17, 15) is 4.79 Å². The average molecular weight is 185 g/mol. The molecule has 76 valence electrons. The molecule has 3 nitrogen and oxygen atoms in total. The van der Waals surface area contributed by atoms with Crippen LogP contribution in [-0.4, -0.2) is 23.7 Å². The van der Waals surface area contributed by atoms with Crippen molar-refractivity contribution in [2.75, 3.05) is 6.54 Å². The van der Waals surface area contributed by atoms with E-state index >= 15 is 0 Å². The normalized spacial score (nSPS) is 28.2. The highest BCUT2D eigenvalue weighted by atomic mass is 16.4. The summed E-state index contributed by atoms with van der Waals surface area (Å²) in [6.07, 6.45) is 2.92. The van der Waals surface area contributed by atoms with Crippen molar-refractivity contribution < 1.29 is 9.90 Å². The van der Waals surface area contributed by atoms with Crippen LogP contribution in [0, 0.1) is 11.8 Å². The molecule has 13 heavy (non-hydrogen) atoms. The fourth-order valence-corrected chi connectivity index (χ4v) is 2.30. The molecule has 2 N–H and O–H groups in total. The fourth-order valence-electron chi connectivity index (χ4n) is 2.30. The summed E-state index contributed by atoms with van der Waals surface area (Å²) in [6.45, 7) is 5.12. The lowest BCUT2D eigenvalue weighted by atomic mass is 9.86. The van der Waals surface area contributed by atoms with E-state index in [1.165, 1.54) is 0 Å². The number of rotatable bonds is 4. The lowest BCUT2D eigenvalue weighted by molar-refractivity contribution is -0.142. The molecule has 2 unspecified atom stereocenters. The zero-order chi connectivity index (χ0) is 9.84. The lowest BCUT2D eigenvalue weighted by Crippen LogP contribution is -2.37. The molecule has 0 aromatic carbocycles. The summed E-state index contributed by atoms with van der Waals surface area (Å²) < 4.78 is 0. The van der Waals surface area contributed by atoms with E-state index in [0.717, 1.165) is 25.8 Å². The van der Waals surface area contributed by atoms with Crippen LogP contribution in [0.1, 0.15) is 33.1 Å². The van der Waals surface area contributed by atoms with Gasteiger partial charge in [-0.05, 0) is 18.9 Å². The van der Waals surface area contributed by atoms with E-state index in [0.29, 0.717) is 5.92 Å². The maximum Gasteiger partial charge on any atom is 0.308 e. The van der Waals surface area contributed by atoms with Gasteiger partial charge in [-0.3, -0.25) is 4.79 Å².